The Balaban J connectivity index is 1.91. The zero-order chi connectivity index (χ0) is 14.1. The first kappa shape index (κ1) is 13.0. The molecule has 2 nitrogen and oxygen atoms in total. The molecule has 0 amide bonds. The average Bonchev–Trinajstić information content (AvgIpc) is 2.42. The SMILES string of the molecule is Cc1cc(F)ccc1CN1CCCc2ccc(N)cc21. The number of hydrogen-bond donors (Lipinski definition) is 1. The van der Waals surface area contributed by atoms with Gasteiger partial charge in [-0.25, -0.2) is 4.39 Å². The van der Waals surface area contributed by atoms with Crippen molar-refractivity contribution < 1.29 is 4.39 Å². The fourth-order valence-corrected chi connectivity index (χ4v) is 2.87. The smallest absolute Gasteiger partial charge is 0.123 e. The molecule has 20 heavy (non-hydrogen) atoms. The molecule has 1 heterocycles. The number of halogens is 1. The molecule has 2 N–H and O–H groups in total. The first-order valence-corrected chi connectivity index (χ1v) is 7.02. The first-order chi connectivity index (χ1) is 9.63. The topological polar surface area (TPSA) is 29.3 Å². The maximum atomic E-state index is 13.2. The highest BCUT2D eigenvalue weighted by Crippen LogP contribution is 2.30. The molecule has 104 valence electrons. The van der Waals surface area contributed by atoms with Crippen molar-refractivity contribution >= 4 is 11.4 Å². The van der Waals surface area contributed by atoms with Gasteiger partial charge in [0.05, 0.1) is 0 Å². The molecule has 0 spiro atoms. The van der Waals surface area contributed by atoms with Crippen LogP contribution in [0.5, 0.6) is 0 Å². The summed E-state index contributed by atoms with van der Waals surface area (Å²) >= 11 is 0. The van der Waals surface area contributed by atoms with E-state index in [1.54, 1.807) is 6.07 Å². The van der Waals surface area contributed by atoms with Crippen molar-refractivity contribution in [3.8, 4) is 0 Å². The van der Waals surface area contributed by atoms with E-state index in [1.165, 1.54) is 22.9 Å². The second kappa shape index (κ2) is 5.16. The molecule has 0 saturated carbocycles. The Morgan fingerprint density at radius 3 is 2.85 bits per heavy atom. The standard InChI is InChI=1S/C17H19FN2/c1-12-9-15(18)6-4-14(12)11-20-8-2-3-13-5-7-16(19)10-17(13)20/h4-7,9-10H,2-3,8,11,19H2,1H3. The highest BCUT2D eigenvalue weighted by atomic mass is 19.1. The van der Waals surface area contributed by atoms with Gasteiger partial charge in [0, 0.05) is 24.5 Å². The lowest BCUT2D eigenvalue weighted by Crippen LogP contribution is -2.29. The third-order valence-corrected chi connectivity index (χ3v) is 3.99. The van der Waals surface area contributed by atoms with E-state index in [-0.39, 0.29) is 5.82 Å². The van der Waals surface area contributed by atoms with Crippen LogP contribution in [0.4, 0.5) is 15.8 Å². The normalized spacial score (nSPS) is 14.2. The Bertz CT molecular complexity index is 637. The van der Waals surface area contributed by atoms with Gasteiger partial charge in [-0.3, -0.25) is 0 Å². The summed E-state index contributed by atoms with van der Waals surface area (Å²) < 4.78 is 13.2. The Hall–Kier alpha value is -2.03. The van der Waals surface area contributed by atoms with E-state index >= 15 is 0 Å². The largest absolute Gasteiger partial charge is 0.399 e. The van der Waals surface area contributed by atoms with Crippen LogP contribution in [0, 0.1) is 12.7 Å². The van der Waals surface area contributed by atoms with Gasteiger partial charge in [-0.1, -0.05) is 12.1 Å². The summed E-state index contributed by atoms with van der Waals surface area (Å²) in [7, 11) is 0. The van der Waals surface area contributed by atoms with Gasteiger partial charge in [0.1, 0.15) is 5.82 Å². The van der Waals surface area contributed by atoms with E-state index in [1.807, 2.05) is 25.1 Å². The molecule has 2 aromatic rings. The predicted octanol–water partition coefficient (Wildman–Crippen LogP) is 3.67. The molecule has 3 rings (SSSR count). The Labute approximate surface area is 119 Å². The molecular formula is C17H19FN2. The molecule has 0 aliphatic carbocycles. The van der Waals surface area contributed by atoms with Gasteiger partial charge in [0.2, 0.25) is 0 Å². The molecule has 0 unspecified atom stereocenters. The number of benzene rings is 2. The van der Waals surface area contributed by atoms with E-state index in [0.717, 1.165) is 37.2 Å². The maximum absolute atomic E-state index is 13.2. The van der Waals surface area contributed by atoms with Gasteiger partial charge >= 0.3 is 0 Å². The number of fused-ring (bicyclic) bond motifs is 1. The third kappa shape index (κ3) is 2.48. The Kier molecular flexibility index (Phi) is 3.35. The van der Waals surface area contributed by atoms with Crippen LogP contribution in [0.2, 0.25) is 0 Å². The molecular weight excluding hydrogens is 251 g/mol. The van der Waals surface area contributed by atoms with Crippen LogP contribution in [-0.2, 0) is 13.0 Å². The zero-order valence-corrected chi connectivity index (χ0v) is 11.7. The third-order valence-electron chi connectivity index (χ3n) is 3.99. The zero-order valence-electron chi connectivity index (χ0n) is 11.7. The predicted molar refractivity (Wildman–Crippen MR) is 81.4 cm³/mol. The summed E-state index contributed by atoms with van der Waals surface area (Å²) in [6.07, 6.45) is 2.26. The number of hydrogen-bond acceptors (Lipinski definition) is 2. The van der Waals surface area contributed by atoms with Crippen LogP contribution in [0.15, 0.2) is 36.4 Å². The van der Waals surface area contributed by atoms with E-state index in [9.17, 15) is 4.39 Å². The van der Waals surface area contributed by atoms with E-state index in [2.05, 4.69) is 11.0 Å². The van der Waals surface area contributed by atoms with Crippen molar-refractivity contribution in [3.05, 3.63) is 58.9 Å². The van der Waals surface area contributed by atoms with Crippen LogP contribution in [0.3, 0.4) is 0 Å². The molecule has 0 fully saturated rings. The number of rotatable bonds is 2. The van der Waals surface area contributed by atoms with Crippen molar-refractivity contribution in [3.63, 3.8) is 0 Å². The fourth-order valence-electron chi connectivity index (χ4n) is 2.87. The van der Waals surface area contributed by atoms with Crippen LogP contribution < -0.4 is 10.6 Å². The summed E-state index contributed by atoms with van der Waals surface area (Å²) in [6, 6.07) is 11.1. The molecule has 0 aromatic heterocycles. The number of nitrogens with zero attached hydrogens (tertiary/aromatic N) is 1. The van der Waals surface area contributed by atoms with Gasteiger partial charge in [-0.15, -0.1) is 0 Å². The molecule has 1 aliphatic heterocycles. The van der Waals surface area contributed by atoms with Gasteiger partial charge in [0.25, 0.3) is 0 Å². The summed E-state index contributed by atoms with van der Waals surface area (Å²) in [5, 5.41) is 0. The van der Waals surface area contributed by atoms with E-state index in [0.29, 0.717) is 0 Å². The van der Waals surface area contributed by atoms with Crippen LogP contribution in [0.25, 0.3) is 0 Å². The summed E-state index contributed by atoms with van der Waals surface area (Å²) in [5.74, 6) is -0.172. The lowest BCUT2D eigenvalue weighted by atomic mass is 9.99. The van der Waals surface area contributed by atoms with Crippen molar-refractivity contribution in [2.75, 3.05) is 17.2 Å². The lowest BCUT2D eigenvalue weighted by molar-refractivity contribution is 0.624. The molecule has 0 bridgehead atoms. The van der Waals surface area contributed by atoms with Crippen molar-refractivity contribution in [1.82, 2.24) is 0 Å². The minimum atomic E-state index is -0.172. The van der Waals surface area contributed by atoms with E-state index in [4.69, 9.17) is 5.73 Å². The second-order valence-electron chi connectivity index (χ2n) is 5.48. The minimum Gasteiger partial charge on any atom is -0.399 e. The number of nitrogens with two attached hydrogens (primary N) is 1. The van der Waals surface area contributed by atoms with Gasteiger partial charge in [-0.05, 0) is 60.7 Å². The van der Waals surface area contributed by atoms with Crippen LogP contribution in [-0.4, -0.2) is 6.54 Å². The van der Waals surface area contributed by atoms with Gasteiger partial charge in [-0.2, -0.15) is 0 Å². The van der Waals surface area contributed by atoms with Gasteiger partial charge in [0.15, 0.2) is 0 Å². The highest BCUT2D eigenvalue weighted by molar-refractivity contribution is 5.62. The number of aryl methyl sites for hydroxylation is 2. The van der Waals surface area contributed by atoms with Crippen LogP contribution in [0.1, 0.15) is 23.1 Å². The van der Waals surface area contributed by atoms with E-state index < -0.39 is 0 Å². The monoisotopic (exact) mass is 270 g/mol. The number of nitrogen functional groups attached to an aromatic ring is 1. The molecule has 3 heteroatoms. The second-order valence-corrected chi connectivity index (χ2v) is 5.48. The molecule has 2 aromatic carbocycles. The first-order valence-electron chi connectivity index (χ1n) is 7.02. The molecule has 1 aliphatic rings. The molecule has 0 atom stereocenters. The van der Waals surface area contributed by atoms with Crippen molar-refractivity contribution in [2.45, 2.75) is 26.3 Å². The average molecular weight is 270 g/mol. The molecule has 0 radical (unpaired) electrons. The lowest BCUT2D eigenvalue weighted by Gasteiger charge is -2.32. The van der Waals surface area contributed by atoms with Crippen molar-refractivity contribution in [1.29, 1.82) is 0 Å². The Morgan fingerprint density at radius 2 is 2.05 bits per heavy atom. The quantitative estimate of drug-likeness (QED) is 0.844. The fraction of sp³-hybridized carbons (Fsp3) is 0.294. The summed E-state index contributed by atoms with van der Waals surface area (Å²) in [6.45, 7) is 3.79. The number of anilines is 2. The minimum absolute atomic E-state index is 0.172. The van der Waals surface area contributed by atoms with Crippen molar-refractivity contribution in [2.24, 2.45) is 0 Å². The summed E-state index contributed by atoms with van der Waals surface area (Å²) in [5.41, 5.74) is 11.5. The van der Waals surface area contributed by atoms with Gasteiger partial charge < -0.3 is 10.6 Å². The van der Waals surface area contributed by atoms with Crippen LogP contribution >= 0.6 is 0 Å². The highest BCUT2D eigenvalue weighted by Gasteiger charge is 2.17. The Morgan fingerprint density at radius 1 is 1.20 bits per heavy atom. The maximum Gasteiger partial charge on any atom is 0.123 e. The molecule has 0 saturated heterocycles. The summed E-state index contributed by atoms with van der Waals surface area (Å²) in [4.78, 5) is 2.34.